The molecular weight excluding hydrogens is 348 g/mol. The van der Waals surface area contributed by atoms with Gasteiger partial charge in [-0.1, -0.05) is 37.3 Å². The minimum atomic E-state index is -0.395. The molecule has 2 aromatic rings. The Morgan fingerprint density at radius 3 is 2.64 bits per heavy atom. The first-order valence-corrected chi connectivity index (χ1v) is 10.4. The van der Waals surface area contributed by atoms with Crippen LogP contribution in [-0.4, -0.2) is 48.5 Å². The summed E-state index contributed by atoms with van der Waals surface area (Å²) in [5.74, 6) is 1.08. The summed E-state index contributed by atoms with van der Waals surface area (Å²) in [6, 6.07) is 14.5. The number of anilines is 1. The monoisotopic (exact) mass is 378 g/mol. The molecule has 5 heteroatoms. The van der Waals surface area contributed by atoms with Gasteiger partial charge in [-0.2, -0.15) is 0 Å². The summed E-state index contributed by atoms with van der Waals surface area (Å²) in [5, 5.41) is 0. The van der Waals surface area contributed by atoms with Gasteiger partial charge >= 0.3 is 0 Å². The summed E-state index contributed by atoms with van der Waals surface area (Å²) in [5.41, 5.74) is 7.80. The van der Waals surface area contributed by atoms with Crippen LogP contribution < -0.4 is 10.6 Å². The predicted molar refractivity (Wildman–Crippen MR) is 113 cm³/mol. The number of hydrogen-bond donors (Lipinski definition) is 1. The standard InChI is InChI=1S/C23H30N4O/c1-2-26-16-20(18-6-4-3-5-7-18)15-23(17-26)9-12-27(13-10-23)21-14-19(22(24)28)8-11-25-21/h3-8,11,14,20H,2,9-10,12-13,15-17H2,1H3,(H2,24,28)/t20-/m1/s1. The minimum absolute atomic E-state index is 0.368. The van der Waals surface area contributed by atoms with Crippen molar-refractivity contribution in [3.63, 3.8) is 0 Å². The molecule has 2 aliphatic heterocycles. The van der Waals surface area contributed by atoms with E-state index in [1.165, 1.54) is 18.5 Å². The number of primary amides is 1. The van der Waals surface area contributed by atoms with Crippen molar-refractivity contribution in [3.05, 3.63) is 59.8 Å². The van der Waals surface area contributed by atoms with E-state index < -0.39 is 5.91 Å². The zero-order valence-corrected chi connectivity index (χ0v) is 16.7. The lowest BCUT2D eigenvalue weighted by Gasteiger charge is -2.50. The number of pyridine rings is 1. The topological polar surface area (TPSA) is 62.5 Å². The molecule has 0 saturated carbocycles. The quantitative estimate of drug-likeness (QED) is 0.887. The number of rotatable bonds is 4. The average molecular weight is 379 g/mol. The minimum Gasteiger partial charge on any atom is -0.366 e. The Morgan fingerprint density at radius 2 is 1.96 bits per heavy atom. The SMILES string of the molecule is CCN1C[C@H](c2ccccc2)CC2(CCN(c3cc(C(N)=O)ccn3)CC2)C1. The van der Waals surface area contributed by atoms with Crippen molar-refractivity contribution in [3.8, 4) is 0 Å². The second-order valence-electron chi connectivity index (χ2n) is 8.39. The molecule has 1 spiro atoms. The second kappa shape index (κ2) is 7.92. The summed E-state index contributed by atoms with van der Waals surface area (Å²) in [6.07, 6.45) is 5.27. The number of carbonyl (C=O) groups is 1. The normalized spacial score (nSPS) is 22.3. The summed E-state index contributed by atoms with van der Waals surface area (Å²) in [4.78, 5) is 20.9. The molecule has 1 aromatic carbocycles. The van der Waals surface area contributed by atoms with Gasteiger partial charge < -0.3 is 15.5 Å². The lowest BCUT2D eigenvalue weighted by molar-refractivity contribution is 0.0543. The van der Waals surface area contributed by atoms with Crippen molar-refractivity contribution < 1.29 is 4.79 Å². The van der Waals surface area contributed by atoms with Crippen LogP contribution in [0.2, 0.25) is 0 Å². The van der Waals surface area contributed by atoms with Crippen LogP contribution in [-0.2, 0) is 0 Å². The number of aromatic nitrogens is 1. The van der Waals surface area contributed by atoms with E-state index in [1.807, 2.05) is 6.07 Å². The summed E-state index contributed by atoms with van der Waals surface area (Å²) in [7, 11) is 0. The van der Waals surface area contributed by atoms with Crippen molar-refractivity contribution in [2.75, 3.05) is 37.6 Å². The fourth-order valence-electron chi connectivity index (χ4n) is 5.01. The maximum absolute atomic E-state index is 11.5. The van der Waals surface area contributed by atoms with E-state index >= 15 is 0 Å². The Kier molecular flexibility index (Phi) is 5.36. The van der Waals surface area contributed by atoms with Gasteiger partial charge in [-0.05, 0) is 54.8 Å². The van der Waals surface area contributed by atoms with Crippen LogP contribution in [0.5, 0.6) is 0 Å². The molecule has 0 unspecified atom stereocenters. The highest BCUT2D eigenvalue weighted by Gasteiger charge is 2.42. The molecule has 1 aromatic heterocycles. The van der Waals surface area contributed by atoms with Gasteiger partial charge in [0.25, 0.3) is 0 Å². The number of carbonyl (C=O) groups excluding carboxylic acids is 1. The first kappa shape index (κ1) is 18.9. The van der Waals surface area contributed by atoms with E-state index in [0.29, 0.717) is 16.9 Å². The fraction of sp³-hybridized carbons (Fsp3) is 0.478. The smallest absolute Gasteiger partial charge is 0.248 e. The molecule has 2 saturated heterocycles. The van der Waals surface area contributed by atoms with E-state index in [9.17, 15) is 4.79 Å². The third-order valence-electron chi connectivity index (χ3n) is 6.61. The van der Waals surface area contributed by atoms with Crippen LogP contribution in [0, 0.1) is 5.41 Å². The van der Waals surface area contributed by atoms with Crippen molar-refractivity contribution in [1.82, 2.24) is 9.88 Å². The van der Waals surface area contributed by atoms with E-state index in [4.69, 9.17) is 5.73 Å². The number of benzene rings is 1. The molecule has 0 bridgehead atoms. The van der Waals surface area contributed by atoms with Crippen LogP contribution in [0.15, 0.2) is 48.7 Å². The number of amides is 1. The van der Waals surface area contributed by atoms with Crippen LogP contribution in [0.3, 0.4) is 0 Å². The Bertz CT molecular complexity index is 814. The Hall–Kier alpha value is -2.40. The van der Waals surface area contributed by atoms with E-state index in [0.717, 1.165) is 44.8 Å². The zero-order valence-electron chi connectivity index (χ0n) is 16.7. The van der Waals surface area contributed by atoms with Gasteiger partial charge in [-0.15, -0.1) is 0 Å². The number of piperidine rings is 2. The van der Waals surface area contributed by atoms with E-state index in [1.54, 1.807) is 12.3 Å². The molecule has 3 heterocycles. The van der Waals surface area contributed by atoms with Crippen molar-refractivity contribution >= 4 is 11.7 Å². The molecule has 28 heavy (non-hydrogen) atoms. The first-order chi connectivity index (χ1) is 13.6. The summed E-state index contributed by atoms with van der Waals surface area (Å²) in [6.45, 7) is 7.69. The zero-order chi connectivity index (χ0) is 19.6. The van der Waals surface area contributed by atoms with Gasteiger partial charge in [0.1, 0.15) is 5.82 Å². The molecule has 2 N–H and O–H groups in total. The van der Waals surface area contributed by atoms with Gasteiger partial charge in [0.2, 0.25) is 5.91 Å². The Balaban J connectivity index is 1.49. The number of nitrogens with zero attached hydrogens (tertiary/aromatic N) is 3. The maximum Gasteiger partial charge on any atom is 0.248 e. The molecule has 2 fully saturated rings. The molecule has 5 nitrogen and oxygen atoms in total. The molecular formula is C23H30N4O. The molecule has 1 atom stereocenters. The van der Waals surface area contributed by atoms with E-state index in [2.05, 4.69) is 52.0 Å². The van der Waals surface area contributed by atoms with Crippen LogP contribution >= 0.6 is 0 Å². The number of likely N-dealkylation sites (N-methyl/N-ethyl adjacent to an activating group) is 1. The van der Waals surface area contributed by atoms with Crippen LogP contribution in [0.4, 0.5) is 5.82 Å². The number of likely N-dealkylation sites (tertiary alicyclic amines) is 1. The van der Waals surface area contributed by atoms with Gasteiger partial charge in [0.05, 0.1) is 0 Å². The Morgan fingerprint density at radius 1 is 1.21 bits per heavy atom. The van der Waals surface area contributed by atoms with Crippen molar-refractivity contribution in [1.29, 1.82) is 0 Å². The molecule has 0 radical (unpaired) electrons. The average Bonchev–Trinajstić information content (AvgIpc) is 2.74. The van der Waals surface area contributed by atoms with Gasteiger partial charge in [0.15, 0.2) is 0 Å². The first-order valence-electron chi connectivity index (χ1n) is 10.4. The molecule has 4 rings (SSSR count). The van der Waals surface area contributed by atoms with Gasteiger partial charge in [0, 0.05) is 37.9 Å². The third-order valence-corrected chi connectivity index (χ3v) is 6.61. The van der Waals surface area contributed by atoms with Crippen LogP contribution in [0.25, 0.3) is 0 Å². The predicted octanol–water partition coefficient (Wildman–Crippen LogP) is 3.28. The largest absolute Gasteiger partial charge is 0.366 e. The number of nitrogens with two attached hydrogens (primary N) is 1. The highest BCUT2D eigenvalue weighted by molar-refractivity contribution is 5.93. The lowest BCUT2D eigenvalue weighted by atomic mass is 9.68. The fourth-order valence-corrected chi connectivity index (χ4v) is 5.01. The Labute approximate surface area is 167 Å². The van der Waals surface area contributed by atoms with Crippen molar-refractivity contribution in [2.24, 2.45) is 11.1 Å². The third kappa shape index (κ3) is 3.90. The van der Waals surface area contributed by atoms with Crippen LogP contribution in [0.1, 0.15) is 48.0 Å². The van der Waals surface area contributed by atoms with Gasteiger partial charge in [-0.25, -0.2) is 4.98 Å². The maximum atomic E-state index is 11.5. The van der Waals surface area contributed by atoms with Crippen molar-refractivity contribution in [2.45, 2.75) is 32.1 Å². The lowest BCUT2D eigenvalue weighted by Crippen LogP contribution is -2.51. The number of hydrogen-bond acceptors (Lipinski definition) is 4. The summed E-state index contributed by atoms with van der Waals surface area (Å²) < 4.78 is 0. The highest BCUT2D eigenvalue weighted by atomic mass is 16.1. The highest BCUT2D eigenvalue weighted by Crippen LogP contribution is 2.45. The summed E-state index contributed by atoms with van der Waals surface area (Å²) >= 11 is 0. The second-order valence-corrected chi connectivity index (χ2v) is 8.39. The molecule has 0 aliphatic carbocycles. The molecule has 2 aliphatic rings. The van der Waals surface area contributed by atoms with Gasteiger partial charge in [-0.3, -0.25) is 4.79 Å². The molecule has 148 valence electrons. The van der Waals surface area contributed by atoms with E-state index in [-0.39, 0.29) is 0 Å². The molecule has 1 amide bonds.